The van der Waals surface area contributed by atoms with Crippen LogP contribution < -0.4 is 10.2 Å². The van der Waals surface area contributed by atoms with Crippen LogP contribution in [0.25, 0.3) is 0 Å². The third kappa shape index (κ3) is 7.67. The van der Waals surface area contributed by atoms with Crippen LogP contribution in [0.15, 0.2) is 54.6 Å². The van der Waals surface area contributed by atoms with Gasteiger partial charge in [-0.2, -0.15) is 0 Å². The molecule has 5 heteroatoms. The van der Waals surface area contributed by atoms with Gasteiger partial charge in [-0.25, -0.2) is 0 Å². The van der Waals surface area contributed by atoms with Crippen molar-refractivity contribution in [1.82, 2.24) is 10.2 Å². The fourth-order valence-corrected chi connectivity index (χ4v) is 5.73. The highest BCUT2D eigenvalue weighted by Crippen LogP contribution is 2.29. The van der Waals surface area contributed by atoms with Crippen molar-refractivity contribution in [3.05, 3.63) is 65.7 Å². The predicted octanol–water partition coefficient (Wildman–Crippen LogP) is 5.58. The van der Waals surface area contributed by atoms with Crippen LogP contribution in [-0.4, -0.2) is 42.3 Å². The summed E-state index contributed by atoms with van der Waals surface area (Å²) in [5.74, 6) is 1.20. The van der Waals surface area contributed by atoms with Crippen LogP contribution in [0.2, 0.25) is 0 Å². The summed E-state index contributed by atoms with van der Waals surface area (Å²) in [5, 5.41) is 3.11. The number of fused-ring (bicyclic) bond motifs is 1. The van der Waals surface area contributed by atoms with Crippen molar-refractivity contribution in [2.75, 3.05) is 24.5 Å². The van der Waals surface area contributed by atoms with Gasteiger partial charge in [0.15, 0.2) is 5.78 Å². The van der Waals surface area contributed by atoms with Gasteiger partial charge >= 0.3 is 0 Å². The molecule has 36 heavy (non-hydrogen) atoms. The first-order chi connectivity index (χ1) is 17.5. The molecule has 1 aliphatic carbocycles. The maximum Gasteiger partial charge on any atom is 0.220 e. The Morgan fingerprint density at radius 2 is 1.69 bits per heavy atom. The average molecular weight is 490 g/mol. The molecule has 0 radical (unpaired) electrons. The summed E-state index contributed by atoms with van der Waals surface area (Å²) in [6.45, 7) is 7.89. The second-order valence-electron chi connectivity index (χ2n) is 11.2. The van der Waals surface area contributed by atoms with E-state index in [1.807, 2.05) is 6.07 Å². The summed E-state index contributed by atoms with van der Waals surface area (Å²) < 4.78 is 0. The highest BCUT2D eigenvalue weighted by atomic mass is 16.2. The van der Waals surface area contributed by atoms with Crippen molar-refractivity contribution < 1.29 is 9.59 Å². The van der Waals surface area contributed by atoms with Crippen LogP contribution in [0.1, 0.15) is 69.9 Å². The zero-order chi connectivity index (χ0) is 25.3. The van der Waals surface area contributed by atoms with Crippen molar-refractivity contribution in [2.45, 2.75) is 77.9 Å². The van der Waals surface area contributed by atoms with E-state index in [4.69, 9.17) is 0 Å². The molecule has 0 saturated heterocycles. The molecule has 0 aromatic heterocycles. The number of amides is 1. The van der Waals surface area contributed by atoms with Crippen LogP contribution in [0.3, 0.4) is 0 Å². The van der Waals surface area contributed by atoms with E-state index in [0.717, 1.165) is 32.6 Å². The molecule has 1 amide bonds. The molecule has 1 atom stereocenters. The maximum atomic E-state index is 13.5. The van der Waals surface area contributed by atoms with Crippen LogP contribution in [0.4, 0.5) is 5.69 Å². The lowest BCUT2D eigenvalue weighted by Crippen LogP contribution is -2.46. The normalized spacial score (nSPS) is 17.6. The van der Waals surface area contributed by atoms with Gasteiger partial charge in [0.2, 0.25) is 5.91 Å². The molecule has 1 N–H and O–H groups in total. The number of hydrogen-bond acceptors (Lipinski definition) is 4. The molecule has 5 nitrogen and oxygen atoms in total. The Labute approximate surface area is 217 Å². The summed E-state index contributed by atoms with van der Waals surface area (Å²) >= 11 is 0. The molecule has 1 saturated carbocycles. The first-order valence-electron chi connectivity index (χ1n) is 13.9. The molecule has 1 aliphatic heterocycles. The Hall–Kier alpha value is -2.66. The third-order valence-corrected chi connectivity index (χ3v) is 7.69. The van der Waals surface area contributed by atoms with E-state index in [9.17, 15) is 9.59 Å². The van der Waals surface area contributed by atoms with Crippen molar-refractivity contribution in [2.24, 2.45) is 11.8 Å². The number of rotatable bonds is 11. The van der Waals surface area contributed by atoms with Crippen molar-refractivity contribution in [3.63, 3.8) is 0 Å². The number of nitrogens with zero attached hydrogens (tertiary/aromatic N) is 2. The molecular weight excluding hydrogens is 446 g/mol. The van der Waals surface area contributed by atoms with Crippen LogP contribution in [0.5, 0.6) is 0 Å². The van der Waals surface area contributed by atoms with Crippen LogP contribution in [-0.2, 0) is 22.7 Å². The van der Waals surface area contributed by atoms with Gasteiger partial charge in [0.25, 0.3) is 0 Å². The minimum Gasteiger partial charge on any atom is -0.366 e. The van der Waals surface area contributed by atoms with E-state index in [1.165, 1.54) is 42.5 Å². The number of hydrogen-bond donors (Lipinski definition) is 1. The summed E-state index contributed by atoms with van der Waals surface area (Å²) in [5.41, 5.74) is 3.78. The van der Waals surface area contributed by atoms with Gasteiger partial charge in [0.1, 0.15) is 0 Å². The highest BCUT2D eigenvalue weighted by Gasteiger charge is 2.27. The topological polar surface area (TPSA) is 52.7 Å². The van der Waals surface area contributed by atoms with E-state index >= 15 is 0 Å². The van der Waals surface area contributed by atoms with Gasteiger partial charge in [0, 0.05) is 38.3 Å². The lowest BCUT2D eigenvalue weighted by molar-refractivity contribution is -0.129. The quantitative estimate of drug-likeness (QED) is 0.448. The van der Waals surface area contributed by atoms with Crippen molar-refractivity contribution in [1.29, 1.82) is 0 Å². The SMILES string of the molecule is CC(C)C[C@H](NC(=O)CCC1CCCC1)C(=O)CN1CCN(Cc2ccccc2)c2ccccc2C1. The summed E-state index contributed by atoms with van der Waals surface area (Å²) in [6.07, 6.45) is 7.27. The largest absolute Gasteiger partial charge is 0.366 e. The molecule has 2 aliphatic rings. The van der Waals surface area contributed by atoms with E-state index in [1.54, 1.807) is 0 Å². The number of carbonyl (C=O) groups is 2. The third-order valence-electron chi connectivity index (χ3n) is 7.69. The number of nitrogens with one attached hydrogen (secondary N) is 1. The van der Waals surface area contributed by atoms with E-state index in [2.05, 4.69) is 77.5 Å². The highest BCUT2D eigenvalue weighted by molar-refractivity contribution is 5.90. The number of anilines is 1. The maximum absolute atomic E-state index is 13.5. The second-order valence-corrected chi connectivity index (χ2v) is 11.2. The second kappa shape index (κ2) is 13.0. The number of ketones is 1. The molecular formula is C31H43N3O2. The molecule has 0 spiro atoms. The first kappa shape index (κ1) is 26.4. The Kier molecular flexibility index (Phi) is 9.57. The zero-order valence-electron chi connectivity index (χ0n) is 22.1. The van der Waals surface area contributed by atoms with E-state index in [-0.39, 0.29) is 11.7 Å². The lowest BCUT2D eigenvalue weighted by Gasteiger charge is -2.26. The van der Waals surface area contributed by atoms with Crippen molar-refractivity contribution in [3.8, 4) is 0 Å². The minimum absolute atomic E-state index is 0.0381. The number of Topliss-reactive ketones (excluding diaryl/α,β-unsaturated/α-hetero) is 1. The Balaban J connectivity index is 1.38. The van der Waals surface area contributed by atoms with Gasteiger partial charge in [-0.15, -0.1) is 0 Å². The zero-order valence-corrected chi connectivity index (χ0v) is 22.1. The van der Waals surface area contributed by atoms with Crippen LogP contribution >= 0.6 is 0 Å². The lowest BCUT2D eigenvalue weighted by atomic mass is 9.98. The average Bonchev–Trinajstić information content (AvgIpc) is 3.33. The van der Waals surface area contributed by atoms with Gasteiger partial charge in [-0.3, -0.25) is 14.5 Å². The van der Waals surface area contributed by atoms with Gasteiger partial charge in [-0.1, -0.05) is 88.1 Å². The fourth-order valence-electron chi connectivity index (χ4n) is 5.73. The Morgan fingerprint density at radius 1 is 0.972 bits per heavy atom. The standard InChI is InChI=1S/C31H43N3O2/c1-24(2)20-28(32-31(36)17-16-25-10-6-7-11-25)30(35)23-33-18-19-34(21-26-12-4-3-5-13-26)29-15-9-8-14-27(29)22-33/h3-5,8-9,12-15,24-25,28H,6-7,10-11,16-23H2,1-2H3,(H,32,36)/t28-/m0/s1. The van der Waals surface area contributed by atoms with Gasteiger partial charge in [-0.05, 0) is 41.9 Å². The molecule has 2 aromatic carbocycles. The van der Waals surface area contributed by atoms with Gasteiger partial charge in [0.05, 0.1) is 12.6 Å². The first-order valence-corrected chi connectivity index (χ1v) is 13.9. The Morgan fingerprint density at radius 3 is 2.44 bits per heavy atom. The molecule has 0 unspecified atom stereocenters. The number of para-hydroxylation sites is 1. The van der Waals surface area contributed by atoms with Gasteiger partial charge < -0.3 is 10.2 Å². The molecule has 4 rings (SSSR count). The Bertz CT molecular complexity index is 984. The predicted molar refractivity (Wildman–Crippen MR) is 147 cm³/mol. The number of benzene rings is 2. The molecule has 2 aromatic rings. The fraction of sp³-hybridized carbons (Fsp3) is 0.548. The smallest absolute Gasteiger partial charge is 0.220 e. The molecule has 194 valence electrons. The van der Waals surface area contributed by atoms with Crippen molar-refractivity contribution >= 4 is 17.4 Å². The number of carbonyl (C=O) groups excluding carboxylic acids is 2. The monoisotopic (exact) mass is 489 g/mol. The summed E-state index contributed by atoms with van der Waals surface area (Å²) in [7, 11) is 0. The molecule has 1 fully saturated rings. The minimum atomic E-state index is -0.403. The van der Waals surface area contributed by atoms with E-state index < -0.39 is 6.04 Å². The summed E-state index contributed by atoms with van der Waals surface area (Å²) in [6, 6.07) is 18.7. The summed E-state index contributed by atoms with van der Waals surface area (Å²) in [4.78, 5) is 30.9. The molecule has 0 bridgehead atoms. The van der Waals surface area contributed by atoms with Crippen LogP contribution in [0, 0.1) is 11.8 Å². The molecule has 1 heterocycles. The van der Waals surface area contributed by atoms with E-state index in [0.29, 0.717) is 31.2 Å².